The van der Waals surface area contributed by atoms with Crippen LogP contribution in [-0.2, 0) is 11.3 Å². The van der Waals surface area contributed by atoms with Crippen molar-refractivity contribution in [1.82, 2.24) is 10.6 Å². The second-order valence-electron chi connectivity index (χ2n) is 15.3. The first-order valence-corrected chi connectivity index (χ1v) is 19.7. The zero-order valence-corrected chi connectivity index (χ0v) is 31.4. The maximum absolute atomic E-state index is 16.4. The highest BCUT2D eigenvalue weighted by molar-refractivity contribution is 6.01. The second kappa shape index (κ2) is 13.3. The Balaban J connectivity index is 1.04. The fourth-order valence-corrected chi connectivity index (χ4v) is 9.51. The van der Waals surface area contributed by atoms with Gasteiger partial charge in [-0.2, -0.15) is 8.78 Å². The van der Waals surface area contributed by atoms with Crippen molar-refractivity contribution in [3.05, 3.63) is 250 Å². The monoisotopic (exact) mass is 753 g/mol. The average Bonchev–Trinajstić information content (AvgIpc) is 3.72. The quantitative estimate of drug-likeness (QED) is 0.177. The van der Waals surface area contributed by atoms with Crippen LogP contribution in [0.2, 0.25) is 0 Å². The van der Waals surface area contributed by atoms with E-state index in [4.69, 9.17) is 4.99 Å². The number of fused-ring (bicyclic) bond motifs is 6. The van der Waals surface area contributed by atoms with Crippen molar-refractivity contribution >= 4 is 5.84 Å². The van der Waals surface area contributed by atoms with Crippen molar-refractivity contribution in [2.45, 2.75) is 23.7 Å². The van der Waals surface area contributed by atoms with E-state index in [-0.39, 0.29) is 23.5 Å². The van der Waals surface area contributed by atoms with Gasteiger partial charge < -0.3 is 5.32 Å². The third kappa shape index (κ3) is 5.24. The number of alkyl halides is 2. The largest absolute Gasteiger partial charge is 0.350 e. The molecule has 2 aliphatic carbocycles. The van der Waals surface area contributed by atoms with Gasteiger partial charge in [0.15, 0.2) is 0 Å². The van der Waals surface area contributed by atoms with Gasteiger partial charge in [0.1, 0.15) is 18.2 Å². The molecule has 8 aromatic carbocycles. The summed E-state index contributed by atoms with van der Waals surface area (Å²) < 4.78 is 32.7. The molecule has 0 saturated carbocycles. The molecule has 0 bridgehead atoms. The van der Waals surface area contributed by atoms with Crippen molar-refractivity contribution in [3.63, 3.8) is 0 Å². The first-order valence-electron chi connectivity index (χ1n) is 19.7. The summed E-state index contributed by atoms with van der Waals surface area (Å²) >= 11 is 0. The van der Waals surface area contributed by atoms with Crippen molar-refractivity contribution < 1.29 is 8.78 Å². The summed E-state index contributed by atoms with van der Waals surface area (Å²) in [6.07, 6.45) is -0.571. The summed E-state index contributed by atoms with van der Waals surface area (Å²) in [6, 6.07) is 67.5. The summed E-state index contributed by atoms with van der Waals surface area (Å²) in [5.41, 5.74) is 12.3. The van der Waals surface area contributed by atoms with Gasteiger partial charge in [0.2, 0.25) is 0 Å². The minimum Gasteiger partial charge on any atom is -0.350 e. The number of benzene rings is 8. The third-order valence-electron chi connectivity index (χ3n) is 12.2. The fourth-order valence-electron chi connectivity index (χ4n) is 9.51. The smallest absolute Gasteiger partial charge is 0.299 e. The van der Waals surface area contributed by atoms with Crippen LogP contribution in [0.15, 0.2) is 205 Å². The van der Waals surface area contributed by atoms with Crippen LogP contribution in [0.4, 0.5) is 8.78 Å². The van der Waals surface area contributed by atoms with Crippen LogP contribution in [0.5, 0.6) is 0 Å². The minimum atomic E-state index is -3.14. The highest BCUT2D eigenvalue weighted by Crippen LogP contribution is 2.57. The Bertz CT molecular complexity index is 2830. The summed E-state index contributed by atoms with van der Waals surface area (Å²) in [7, 11) is 0. The van der Waals surface area contributed by atoms with E-state index in [0.717, 1.165) is 27.8 Å². The van der Waals surface area contributed by atoms with Crippen molar-refractivity contribution in [2.24, 2.45) is 4.99 Å². The molecule has 3 nitrogen and oxygen atoms in total. The molecule has 11 rings (SSSR count). The van der Waals surface area contributed by atoms with Gasteiger partial charge in [-0.25, -0.2) is 4.99 Å². The van der Waals surface area contributed by atoms with Crippen molar-refractivity contribution in [3.8, 4) is 33.4 Å². The normalized spacial score (nSPS) is 17.9. The number of rotatable bonds is 6. The van der Waals surface area contributed by atoms with Crippen LogP contribution in [-0.4, -0.2) is 5.84 Å². The zero-order valence-electron chi connectivity index (χ0n) is 31.4. The lowest BCUT2D eigenvalue weighted by Crippen LogP contribution is -2.44. The molecule has 2 N–H and O–H groups in total. The van der Waals surface area contributed by atoms with Gasteiger partial charge in [-0.3, -0.25) is 5.32 Å². The van der Waals surface area contributed by atoms with Crippen LogP contribution in [0.1, 0.15) is 62.4 Å². The predicted octanol–water partition coefficient (Wildman–Crippen LogP) is 12.2. The maximum Gasteiger partial charge on any atom is 0.299 e. The van der Waals surface area contributed by atoms with E-state index in [1.165, 1.54) is 33.4 Å². The van der Waals surface area contributed by atoms with Gasteiger partial charge in [-0.15, -0.1) is 0 Å². The van der Waals surface area contributed by atoms with E-state index in [1.807, 2.05) is 54.6 Å². The van der Waals surface area contributed by atoms with Gasteiger partial charge >= 0.3 is 0 Å². The molecule has 278 valence electrons. The third-order valence-corrected chi connectivity index (χ3v) is 12.2. The molecule has 0 aromatic heterocycles. The molecular formula is C53H37F2N3. The van der Waals surface area contributed by atoms with Gasteiger partial charge in [0, 0.05) is 16.7 Å². The molecule has 5 heteroatoms. The molecule has 2 unspecified atom stereocenters. The number of hydrogen-bond acceptors (Lipinski definition) is 3. The van der Waals surface area contributed by atoms with Gasteiger partial charge in [0.05, 0.1) is 5.41 Å². The molecule has 1 aliphatic heterocycles. The molecule has 1 heterocycles. The highest BCUT2D eigenvalue weighted by atomic mass is 19.3. The van der Waals surface area contributed by atoms with Gasteiger partial charge in [-0.05, 0) is 85.0 Å². The summed E-state index contributed by atoms with van der Waals surface area (Å²) in [4.78, 5) is 5.10. The number of amidine groups is 1. The van der Waals surface area contributed by atoms with E-state index in [1.54, 1.807) is 18.2 Å². The lowest BCUT2D eigenvalue weighted by molar-refractivity contribution is 0.0480. The van der Waals surface area contributed by atoms with Crippen LogP contribution in [0, 0.1) is 0 Å². The molecule has 0 radical (unpaired) electrons. The lowest BCUT2D eigenvalue weighted by atomic mass is 9.67. The number of halogens is 2. The zero-order chi connectivity index (χ0) is 38.8. The molecule has 0 spiro atoms. The Morgan fingerprint density at radius 2 is 0.914 bits per heavy atom. The van der Waals surface area contributed by atoms with Crippen LogP contribution in [0.3, 0.4) is 0 Å². The lowest BCUT2D eigenvalue weighted by Gasteiger charge is -2.34. The number of hydrogen-bond donors (Lipinski definition) is 2. The van der Waals surface area contributed by atoms with E-state index in [9.17, 15) is 0 Å². The van der Waals surface area contributed by atoms with E-state index < -0.39 is 11.3 Å². The molecular weight excluding hydrogens is 717 g/mol. The average molecular weight is 754 g/mol. The standard InChI is InChI=1S/C53H37F2N3/c54-53(55)46-29-26-36(37-25-28-42-41-23-13-14-24-45(41)52(48(42)33-37,39-19-9-3-10-20-39)40-21-11-4-12-22-40)31-43(46)44-32-38(27-30-47(44)53)51-57-49(34-15-5-1-6-16-34)56-50(58-51)35-17-7-2-8-18-35/h1-33,49-50,56H,(H,57,58). The summed E-state index contributed by atoms with van der Waals surface area (Å²) in [5.74, 6) is -2.49. The first kappa shape index (κ1) is 34.3. The fraction of sp³-hybridized carbons (Fsp3) is 0.0755. The highest BCUT2D eigenvalue weighted by Gasteiger charge is 2.47. The Kier molecular flexibility index (Phi) is 7.88. The van der Waals surface area contributed by atoms with E-state index >= 15 is 8.78 Å². The summed E-state index contributed by atoms with van der Waals surface area (Å²) in [5, 5.41) is 7.20. The van der Waals surface area contributed by atoms with Crippen LogP contribution >= 0.6 is 0 Å². The molecule has 0 amide bonds. The Hall–Kier alpha value is -6.95. The van der Waals surface area contributed by atoms with Crippen LogP contribution in [0.25, 0.3) is 33.4 Å². The van der Waals surface area contributed by atoms with E-state index in [0.29, 0.717) is 17.0 Å². The Morgan fingerprint density at radius 1 is 0.414 bits per heavy atom. The predicted molar refractivity (Wildman–Crippen MR) is 229 cm³/mol. The number of aliphatic imine (C=N–C) groups is 1. The molecule has 3 aliphatic rings. The topological polar surface area (TPSA) is 36.4 Å². The summed E-state index contributed by atoms with van der Waals surface area (Å²) in [6.45, 7) is 0. The van der Waals surface area contributed by atoms with Crippen LogP contribution < -0.4 is 10.6 Å². The second-order valence-corrected chi connectivity index (χ2v) is 15.3. The van der Waals surface area contributed by atoms with Crippen molar-refractivity contribution in [2.75, 3.05) is 0 Å². The molecule has 2 atom stereocenters. The van der Waals surface area contributed by atoms with E-state index in [2.05, 4.69) is 138 Å². The van der Waals surface area contributed by atoms with Crippen molar-refractivity contribution in [1.29, 1.82) is 0 Å². The molecule has 8 aromatic rings. The molecule has 0 saturated heterocycles. The van der Waals surface area contributed by atoms with Gasteiger partial charge in [-0.1, -0.05) is 182 Å². The SMILES string of the molecule is FC1(F)c2ccc(C3=NC(c4ccccc4)NC(c4ccccc4)N3)cc2-c2cc(-c3ccc4c(c3)C(c3ccccc3)(c3ccccc3)c3ccccc3-4)ccc21. The Labute approximate surface area is 336 Å². The Morgan fingerprint density at radius 3 is 1.57 bits per heavy atom. The minimum absolute atomic E-state index is 0.00808. The first-order chi connectivity index (χ1) is 28.5. The molecule has 0 fully saturated rings. The van der Waals surface area contributed by atoms with Gasteiger partial charge in [0.25, 0.3) is 5.92 Å². The maximum atomic E-state index is 16.4. The number of nitrogens with one attached hydrogen (secondary N) is 2. The number of nitrogens with zero attached hydrogens (tertiary/aromatic N) is 1. The molecule has 58 heavy (non-hydrogen) atoms.